The van der Waals surface area contributed by atoms with Gasteiger partial charge in [-0.15, -0.1) is 0 Å². The van der Waals surface area contributed by atoms with Gasteiger partial charge in [-0.3, -0.25) is 4.79 Å². The highest BCUT2D eigenvalue weighted by Gasteiger charge is 2.26. The molecule has 2 heterocycles. The second-order valence-corrected chi connectivity index (χ2v) is 11.0. The SMILES string of the molecule is CC(C)(C)OC(=O)NCCCC(Cc1ncn2c1CCc1cc(OC3CCCCC3)ccc1-2)C(=O)O. The van der Waals surface area contributed by atoms with E-state index in [9.17, 15) is 14.7 Å². The van der Waals surface area contributed by atoms with Gasteiger partial charge < -0.3 is 24.5 Å². The van der Waals surface area contributed by atoms with Gasteiger partial charge in [-0.2, -0.15) is 0 Å². The van der Waals surface area contributed by atoms with Crippen LogP contribution in [-0.4, -0.2) is 45.0 Å². The zero-order valence-electron chi connectivity index (χ0n) is 21.7. The topological polar surface area (TPSA) is 103 Å². The Bertz CT molecular complexity index is 1070. The second-order valence-electron chi connectivity index (χ2n) is 11.0. The minimum Gasteiger partial charge on any atom is -0.490 e. The number of imidazole rings is 1. The Balaban J connectivity index is 1.36. The van der Waals surface area contributed by atoms with E-state index in [4.69, 9.17) is 9.47 Å². The van der Waals surface area contributed by atoms with E-state index in [0.29, 0.717) is 31.9 Å². The van der Waals surface area contributed by atoms with Crippen molar-refractivity contribution in [1.82, 2.24) is 14.9 Å². The highest BCUT2D eigenvalue weighted by molar-refractivity contribution is 5.70. The van der Waals surface area contributed by atoms with Gasteiger partial charge in [0.2, 0.25) is 0 Å². The molecule has 1 aliphatic carbocycles. The monoisotopic (exact) mass is 497 g/mol. The molecule has 1 unspecified atom stereocenters. The standard InChI is InChI=1S/C28H39N3O5/c1-28(2,3)36-27(34)29-15-7-8-20(26(32)33)17-23-25-13-11-19-16-22(35-21-9-5-4-6-10-21)12-14-24(19)31(25)18-30-23/h12,14,16,18,20-21H,4-11,13,15,17H2,1-3H3,(H,29,34)(H,32,33). The van der Waals surface area contributed by atoms with Crippen molar-refractivity contribution >= 4 is 12.1 Å². The molecular weight excluding hydrogens is 458 g/mol. The number of carbonyl (C=O) groups excluding carboxylic acids is 1. The van der Waals surface area contributed by atoms with Crippen molar-refractivity contribution in [2.75, 3.05) is 6.54 Å². The Morgan fingerprint density at radius 3 is 2.69 bits per heavy atom. The molecule has 0 radical (unpaired) electrons. The summed E-state index contributed by atoms with van der Waals surface area (Å²) >= 11 is 0. The number of ether oxygens (including phenoxy) is 2. The number of benzene rings is 1. The zero-order chi connectivity index (χ0) is 25.7. The summed E-state index contributed by atoms with van der Waals surface area (Å²) in [6.45, 7) is 5.79. The third kappa shape index (κ3) is 6.80. The van der Waals surface area contributed by atoms with E-state index in [-0.39, 0.29) is 0 Å². The smallest absolute Gasteiger partial charge is 0.407 e. The third-order valence-electron chi connectivity index (χ3n) is 6.94. The molecule has 1 amide bonds. The minimum atomic E-state index is -0.838. The average Bonchev–Trinajstić information content (AvgIpc) is 3.23. The van der Waals surface area contributed by atoms with Gasteiger partial charge in [0.05, 0.1) is 29.7 Å². The molecule has 4 rings (SSSR count). The van der Waals surface area contributed by atoms with Crippen LogP contribution in [0.5, 0.6) is 5.75 Å². The molecule has 196 valence electrons. The molecule has 1 fully saturated rings. The Kier molecular flexibility index (Phi) is 8.21. The number of aliphatic carboxylic acids is 1. The van der Waals surface area contributed by atoms with Crippen molar-refractivity contribution < 1.29 is 24.2 Å². The molecule has 1 atom stereocenters. The number of aryl methyl sites for hydroxylation is 1. The van der Waals surface area contributed by atoms with E-state index in [0.717, 1.165) is 48.5 Å². The third-order valence-corrected chi connectivity index (χ3v) is 6.94. The van der Waals surface area contributed by atoms with Gasteiger partial charge in [0, 0.05) is 18.7 Å². The van der Waals surface area contributed by atoms with E-state index in [1.165, 1.54) is 24.8 Å². The van der Waals surface area contributed by atoms with Crippen molar-refractivity contribution in [3.8, 4) is 11.4 Å². The second kappa shape index (κ2) is 11.4. The van der Waals surface area contributed by atoms with Crippen LogP contribution in [0.4, 0.5) is 4.79 Å². The maximum atomic E-state index is 11.9. The number of carboxylic acids is 1. The summed E-state index contributed by atoms with van der Waals surface area (Å²) in [6, 6.07) is 6.29. The number of fused-ring (bicyclic) bond motifs is 3. The van der Waals surface area contributed by atoms with Crippen LogP contribution < -0.4 is 10.1 Å². The molecule has 0 spiro atoms. The van der Waals surface area contributed by atoms with Crippen LogP contribution in [0.2, 0.25) is 0 Å². The fraction of sp³-hybridized carbons (Fsp3) is 0.607. The Hall–Kier alpha value is -3.03. The predicted molar refractivity (Wildman–Crippen MR) is 137 cm³/mol. The molecule has 2 N–H and O–H groups in total. The number of aromatic nitrogens is 2. The lowest BCUT2D eigenvalue weighted by molar-refractivity contribution is -0.142. The van der Waals surface area contributed by atoms with E-state index in [2.05, 4.69) is 27.0 Å². The van der Waals surface area contributed by atoms with Crippen molar-refractivity contribution in [3.05, 3.63) is 41.5 Å². The molecular formula is C28H39N3O5. The summed E-state index contributed by atoms with van der Waals surface area (Å²) in [6.07, 6.45) is 10.8. The van der Waals surface area contributed by atoms with E-state index >= 15 is 0 Å². The quantitative estimate of drug-likeness (QED) is 0.460. The molecule has 2 aromatic rings. The fourth-order valence-electron chi connectivity index (χ4n) is 5.15. The molecule has 8 heteroatoms. The Morgan fingerprint density at radius 1 is 1.19 bits per heavy atom. The average molecular weight is 498 g/mol. The van der Waals surface area contributed by atoms with Gasteiger partial charge in [-0.25, -0.2) is 9.78 Å². The first-order valence-electron chi connectivity index (χ1n) is 13.2. The number of carboxylic acid groups (broad SMARTS) is 1. The number of amides is 1. The molecule has 1 aliphatic heterocycles. The van der Waals surface area contributed by atoms with Crippen LogP contribution in [0.15, 0.2) is 24.5 Å². The maximum Gasteiger partial charge on any atom is 0.407 e. The van der Waals surface area contributed by atoms with E-state index < -0.39 is 23.6 Å². The molecule has 36 heavy (non-hydrogen) atoms. The highest BCUT2D eigenvalue weighted by atomic mass is 16.6. The highest BCUT2D eigenvalue weighted by Crippen LogP contribution is 2.32. The summed E-state index contributed by atoms with van der Waals surface area (Å²) in [5, 5.41) is 12.5. The summed E-state index contributed by atoms with van der Waals surface area (Å²) in [5.74, 6) is -0.456. The van der Waals surface area contributed by atoms with Crippen LogP contribution in [0.1, 0.15) is 82.7 Å². The van der Waals surface area contributed by atoms with Crippen LogP contribution in [0.3, 0.4) is 0 Å². The van der Waals surface area contributed by atoms with Gasteiger partial charge in [0.15, 0.2) is 0 Å². The van der Waals surface area contributed by atoms with Gasteiger partial charge >= 0.3 is 12.1 Å². The first-order valence-corrected chi connectivity index (χ1v) is 13.2. The fourth-order valence-corrected chi connectivity index (χ4v) is 5.15. The number of hydrogen-bond acceptors (Lipinski definition) is 5. The minimum absolute atomic E-state index is 0.322. The van der Waals surface area contributed by atoms with Crippen LogP contribution in [0, 0.1) is 5.92 Å². The molecule has 2 aliphatic rings. The normalized spacial score (nSPS) is 16.5. The molecule has 0 saturated heterocycles. The van der Waals surface area contributed by atoms with Crippen LogP contribution in [-0.2, 0) is 28.8 Å². The Morgan fingerprint density at radius 2 is 1.97 bits per heavy atom. The van der Waals surface area contributed by atoms with Gasteiger partial charge in [0.25, 0.3) is 0 Å². The number of nitrogens with one attached hydrogen (secondary N) is 1. The maximum absolute atomic E-state index is 11.9. The molecule has 1 aromatic carbocycles. The van der Waals surface area contributed by atoms with E-state index in [1.54, 1.807) is 20.8 Å². The summed E-state index contributed by atoms with van der Waals surface area (Å²) < 4.78 is 13.6. The van der Waals surface area contributed by atoms with Gasteiger partial charge in [-0.1, -0.05) is 6.42 Å². The lowest BCUT2D eigenvalue weighted by Crippen LogP contribution is -2.33. The number of alkyl carbamates (subject to hydrolysis) is 1. The first kappa shape index (κ1) is 26.0. The lowest BCUT2D eigenvalue weighted by atomic mass is 9.94. The van der Waals surface area contributed by atoms with Crippen LogP contribution >= 0.6 is 0 Å². The molecule has 0 bridgehead atoms. The van der Waals surface area contributed by atoms with Crippen molar-refractivity contribution in [1.29, 1.82) is 0 Å². The predicted octanol–water partition coefficient (Wildman–Crippen LogP) is 5.23. The molecule has 8 nitrogen and oxygen atoms in total. The first-order chi connectivity index (χ1) is 17.2. The van der Waals surface area contributed by atoms with Gasteiger partial charge in [0.1, 0.15) is 11.4 Å². The largest absolute Gasteiger partial charge is 0.490 e. The van der Waals surface area contributed by atoms with Crippen molar-refractivity contribution in [3.63, 3.8) is 0 Å². The number of carbonyl (C=O) groups is 2. The number of hydrogen-bond donors (Lipinski definition) is 2. The number of rotatable bonds is 9. The summed E-state index contributed by atoms with van der Waals surface area (Å²) in [5.41, 5.74) is 3.70. The van der Waals surface area contributed by atoms with E-state index in [1.807, 2.05) is 12.4 Å². The van der Waals surface area contributed by atoms with Gasteiger partial charge in [-0.05, 0) is 95.9 Å². The van der Waals surface area contributed by atoms with Crippen molar-refractivity contribution in [2.24, 2.45) is 5.92 Å². The summed E-state index contributed by atoms with van der Waals surface area (Å²) in [4.78, 5) is 28.4. The molecule has 1 saturated carbocycles. The lowest BCUT2D eigenvalue weighted by Gasteiger charge is -2.25. The van der Waals surface area contributed by atoms with Crippen LogP contribution in [0.25, 0.3) is 5.69 Å². The summed E-state index contributed by atoms with van der Waals surface area (Å²) in [7, 11) is 0. The zero-order valence-corrected chi connectivity index (χ0v) is 21.7. The van der Waals surface area contributed by atoms with Crippen molar-refractivity contribution in [2.45, 2.75) is 96.7 Å². The molecule has 1 aromatic heterocycles. The Labute approximate surface area is 213 Å². The number of nitrogens with zero attached hydrogens (tertiary/aromatic N) is 2.